The van der Waals surface area contributed by atoms with E-state index in [4.69, 9.17) is 18.1 Å². The third-order valence-electron chi connectivity index (χ3n) is 5.45. The van der Waals surface area contributed by atoms with E-state index in [1.165, 1.54) is 16.8 Å². The molecule has 1 aliphatic heterocycles. The second-order valence-corrected chi connectivity index (χ2v) is 15.2. The SMILES string of the molecule is CCO[C@@H]1[C@H](O[Si](C)(C)C(C)(C)C)[C@@H](COS(C)(=O)=O)O[C@H]1n1ccc(=O)[nH]c1=O. The Labute approximate surface area is 177 Å². The summed E-state index contributed by atoms with van der Waals surface area (Å²) in [6, 6.07) is 1.21. The van der Waals surface area contributed by atoms with Crippen molar-refractivity contribution in [1.82, 2.24) is 9.55 Å². The van der Waals surface area contributed by atoms with Crippen LogP contribution in [0.1, 0.15) is 33.9 Å². The van der Waals surface area contributed by atoms with Crippen molar-refractivity contribution in [2.45, 2.75) is 70.4 Å². The van der Waals surface area contributed by atoms with Crippen molar-refractivity contribution in [3.05, 3.63) is 33.1 Å². The molecule has 30 heavy (non-hydrogen) atoms. The highest BCUT2D eigenvalue weighted by Gasteiger charge is 2.51. The minimum absolute atomic E-state index is 0.126. The maximum atomic E-state index is 12.4. The van der Waals surface area contributed by atoms with Gasteiger partial charge in [0.1, 0.15) is 18.3 Å². The van der Waals surface area contributed by atoms with Crippen LogP contribution in [0.15, 0.2) is 21.9 Å². The molecule has 2 heterocycles. The first-order chi connectivity index (χ1) is 13.7. The first-order valence-corrected chi connectivity index (χ1v) is 14.5. The molecule has 4 atom stereocenters. The molecule has 0 aliphatic carbocycles. The lowest BCUT2D eigenvalue weighted by molar-refractivity contribution is -0.0699. The smallest absolute Gasteiger partial charge is 0.330 e. The zero-order chi connectivity index (χ0) is 22.9. The van der Waals surface area contributed by atoms with E-state index < -0.39 is 54.2 Å². The lowest BCUT2D eigenvalue weighted by Gasteiger charge is -2.40. The van der Waals surface area contributed by atoms with E-state index >= 15 is 0 Å². The molecule has 2 rings (SSSR count). The summed E-state index contributed by atoms with van der Waals surface area (Å²) in [7, 11) is -6.03. The molecule has 1 fully saturated rings. The molecule has 172 valence electrons. The predicted molar refractivity (Wildman–Crippen MR) is 114 cm³/mol. The minimum Gasteiger partial charge on any atom is -0.408 e. The van der Waals surface area contributed by atoms with Gasteiger partial charge in [0.05, 0.1) is 12.9 Å². The third kappa shape index (κ3) is 5.89. The van der Waals surface area contributed by atoms with Gasteiger partial charge in [-0.1, -0.05) is 20.8 Å². The molecule has 1 aliphatic rings. The maximum absolute atomic E-state index is 12.4. The molecular formula is C18H32N2O8SSi. The summed E-state index contributed by atoms with van der Waals surface area (Å²) in [6.45, 7) is 12.2. The number of hydrogen-bond acceptors (Lipinski definition) is 8. The molecule has 1 aromatic heterocycles. The van der Waals surface area contributed by atoms with Gasteiger partial charge >= 0.3 is 5.69 Å². The van der Waals surface area contributed by atoms with Crippen LogP contribution in [-0.4, -0.2) is 64.1 Å². The molecule has 0 radical (unpaired) electrons. The van der Waals surface area contributed by atoms with Crippen molar-refractivity contribution in [2.24, 2.45) is 0 Å². The number of aromatic amines is 1. The van der Waals surface area contributed by atoms with Gasteiger partial charge in [-0.05, 0) is 25.1 Å². The standard InChI is InChI=1S/C18H32N2O8SSi/c1-8-25-15-14(28-30(6,7)18(2,3)4)12(11-26-29(5,23)24)27-16(15)20-10-9-13(21)19-17(20)22/h9-10,12,14-16H,8,11H2,1-7H3,(H,19,21,22)/t12-,14-,15-,16-/m1/s1. The van der Waals surface area contributed by atoms with Crippen molar-refractivity contribution in [3.63, 3.8) is 0 Å². The van der Waals surface area contributed by atoms with E-state index in [1.54, 1.807) is 6.92 Å². The van der Waals surface area contributed by atoms with E-state index in [0.717, 1.165) is 6.26 Å². The molecule has 0 aromatic carbocycles. The van der Waals surface area contributed by atoms with Crippen molar-refractivity contribution in [2.75, 3.05) is 19.5 Å². The van der Waals surface area contributed by atoms with E-state index in [0.29, 0.717) is 6.61 Å². The summed E-state index contributed by atoms with van der Waals surface area (Å²) in [6.07, 6.45) is -0.819. The van der Waals surface area contributed by atoms with Crippen LogP contribution < -0.4 is 11.2 Å². The summed E-state index contributed by atoms with van der Waals surface area (Å²) in [4.78, 5) is 26.0. The number of rotatable bonds is 8. The number of hydrogen-bond donors (Lipinski definition) is 1. The van der Waals surface area contributed by atoms with Crippen molar-refractivity contribution >= 4 is 18.4 Å². The van der Waals surface area contributed by atoms with Crippen LogP contribution in [0.4, 0.5) is 0 Å². The van der Waals surface area contributed by atoms with Crippen molar-refractivity contribution in [1.29, 1.82) is 0 Å². The van der Waals surface area contributed by atoms with Gasteiger partial charge in [0.15, 0.2) is 14.5 Å². The molecule has 12 heteroatoms. The number of nitrogens with one attached hydrogen (secondary N) is 1. The summed E-state index contributed by atoms with van der Waals surface area (Å²) in [5, 5.41) is -0.126. The highest BCUT2D eigenvalue weighted by Crippen LogP contribution is 2.42. The fourth-order valence-electron chi connectivity index (χ4n) is 2.91. The van der Waals surface area contributed by atoms with Crippen LogP contribution >= 0.6 is 0 Å². The Morgan fingerprint density at radius 3 is 2.37 bits per heavy atom. The number of ether oxygens (including phenoxy) is 2. The maximum Gasteiger partial charge on any atom is 0.330 e. The van der Waals surface area contributed by atoms with E-state index in [9.17, 15) is 18.0 Å². The lowest BCUT2D eigenvalue weighted by Crippen LogP contribution is -2.50. The van der Waals surface area contributed by atoms with Gasteiger partial charge in [0, 0.05) is 18.9 Å². The average molecular weight is 465 g/mol. The summed E-state index contributed by atoms with van der Waals surface area (Å²) >= 11 is 0. The number of nitrogens with zero attached hydrogens (tertiary/aromatic N) is 1. The normalized spacial score (nSPS) is 25.6. The molecule has 1 saturated heterocycles. The van der Waals surface area contributed by atoms with E-state index in [-0.39, 0.29) is 11.6 Å². The van der Waals surface area contributed by atoms with Gasteiger partial charge in [-0.25, -0.2) is 4.79 Å². The molecule has 1 N–H and O–H groups in total. The lowest BCUT2D eigenvalue weighted by atomic mass is 10.1. The van der Waals surface area contributed by atoms with Gasteiger partial charge in [-0.3, -0.25) is 18.5 Å². The summed E-state index contributed by atoms with van der Waals surface area (Å²) < 4.78 is 47.8. The van der Waals surface area contributed by atoms with Crippen molar-refractivity contribution in [3.8, 4) is 0 Å². The van der Waals surface area contributed by atoms with Crippen LogP contribution in [0.5, 0.6) is 0 Å². The van der Waals surface area contributed by atoms with E-state index in [2.05, 4.69) is 38.8 Å². The average Bonchev–Trinajstić information content (AvgIpc) is 2.89. The van der Waals surface area contributed by atoms with Gasteiger partial charge in [-0.15, -0.1) is 0 Å². The van der Waals surface area contributed by atoms with Crippen LogP contribution in [0.25, 0.3) is 0 Å². The predicted octanol–water partition coefficient (Wildman–Crippen LogP) is 1.21. The Morgan fingerprint density at radius 2 is 1.87 bits per heavy atom. The molecular weight excluding hydrogens is 432 g/mol. The highest BCUT2D eigenvalue weighted by atomic mass is 32.2. The fraction of sp³-hybridized carbons (Fsp3) is 0.778. The molecule has 0 spiro atoms. The monoisotopic (exact) mass is 464 g/mol. The fourth-order valence-corrected chi connectivity index (χ4v) is 4.61. The zero-order valence-electron chi connectivity index (χ0n) is 18.5. The Bertz CT molecular complexity index is 950. The van der Waals surface area contributed by atoms with E-state index in [1.807, 2.05) is 0 Å². The summed E-state index contributed by atoms with van der Waals surface area (Å²) in [5.41, 5.74) is -1.19. The molecule has 0 amide bonds. The second-order valence-electron chi connectivity index (χ2n) is 8.83. The molecule has 0 saturated carbocycles. The zero-order valence-corrected chi connectivity index (χ0v) is 20.3. The first kappa shape index (κ1) is 25.0. The second kappa shape index (κ2) is 9.05. The Balaban J connectivity index is 2.47. The Kier molecular flexibility index (Phi) is 7.52. The number of aromatic nitrogens is 2. The molecule has 1 aromatic rings. The minimum atomic E-state index is -3.71. The Hall–Kier alpha value is -1.31. The van der Waals surface area contributed by atoms with Crippen molar-refractivity contribution < 1.29 is 26.5 Å². The van der Waals surface area contributed by atoms with Crippen LogP contribution in [0, 0.1) is 0 Å². The number of H-pyrrole nitrogens is 1. The quantitative estimate of drug-likeness (QED) is 0.449. The summed E-state index contributed by atoms with van der Waals surface area (Å²) in [5.74, 6) is 0. The largest absolute Gasteiger partial charge is 0.408 e. The first-order valence-electron chi connectivity index (χ1n) is 9.77. The van der Waals surface area contributed by atoms with Gasteiger partial charge in [0.2, 0.25) is 0 Å². The van der Waals surface area contributed by atoms with Gasteiger partial charge in [-0.2, -0.15) is 8.42 Å². The molecule has 10 nitrogen and oxygen atoms in total. The topological polar surface area (TPSA) is 126 Å². The Morgan fingerprint density at radius 1 is 1.23 bits per heavy atom. The third-order valence-corrected chi connectivity index (χ3v) is 10.5. The molecule has 0 unspecified atom stereocenters. The van der Waals surface area contributed by atoms with Gasteiger partial charge in [0.25, 0.3) is 15.7 Å². The molecule has 0 bridgehead atoms. The highest BCUT2D eigenvalue weighted by molar-refractivity contribution is 7.85. The van der Waals surface area contributed by atoms with Crippen LogP contribution in [0.3, 0.4) is 0 Å². The van der Waals surface area contributed by atoms with Gasteiger partial charge < -0.3 is 13.9 Å². The van der Waals surface area contributed by atoms with Crippen LogP contribution in [-0.2, 0) is 28.2 Å². The van der Waals surface area contributed by atoms with Crippen LogP contribution in [0.2, 0.25) is 18.1 Å².